The van der Waals surface area contributed by atoms with Crippen molar-refractivity contribution in [2.24, 2.45) is 0 Å². The summed E-state index contributed by atoms with van der Waals surface area (Å²) >= 11 is 6.04. The van der Waals surface area contributed by atoms with Crippen molar-refractivity contribution in [3.63, 3.8) is 0 Å². The number of likely N-dealkylation sites (N-methyl/N-ethyl adjacent to an activating group) is 1. The van der Waals surface area contributed by atoms with Gasteiger partial charge in [-0.2, -0.15) is 0 Å². The third-order valence-corrected chi connectivity index (χ3v) is 3.83. The summed E-state index contributed by atoms with van der Waals surface area (Å²) in [4.78, 5) is 14.1. The van der Waals surface area contributed by atoms with Crippen LogP contribution in [0.2, 0.25) is 5.02 Å². The number of nitrogens with one attached hydrogen (secondary N) is 1. The SMILES string of the molecule is Cc1ccc(CN(C)CC(=O)Nc2ccccc2Cl)c(C)c1. The molecule has 1 amide bonds. The van der Waals surface area contributed by atoms with Crippen LogP contribution in [0, 0.1) is 13.8 Å². The average Bonchev–Trinajstić information content (AvgIpc) is 2.44. The molecule has 3 nitrogen and oxygen atoms in total. The second-order valence-electron chi connectivity index (χ2n) is 5.63. The molecule has 2 aromatic rings. The third-order valence-electron chi connectivity index (χ3n) is 3.50. The molecule has 0 aromatic heterocycles. The second-order valence-corrected chi connectivity index (χ2v) is 6.04. The van der Waals surface area contributed by atoms with Crippen LogP contribution in [0.4, 0.5) is 5.69 Å². The molecule has 1 N–H and O–H groups in total. The van der Waals surface area contributed by atoms with Gasteiger partial charge in [0.15, 0.2) is 0 Å². The first kappa shape index (κ1) is 16.5. The van der Waals surface area contributed by atoms with E-state index in [2.05, 4.69) is 37.4 Å². The minimum absolute atomic E-state index is 0.0691. The number of hydrogen-bond donors (Lipinski definition) is 1. The molecule has 0 saturated heterocycles. The summed E-state index contributed by atoms with van der Waals surface area (Å²) in [7, 11) is 1.94. The Morgan fingerprint density at radius 1 is 1.18 bits per heavy atom. The molecule has 0 radical (unpaired) electrons. The number of aryl methyl sites for hydroxylation is 2. The van der Waals surface area contributed by atoms with Gasteiger partial charge in [-0.15, -0.1) is 0 Å². The zero-order valence-corrected chi connectivity index (χ0v) is 13.9. The molecule has 0 aliphatic carbocycles. The fraction of sp³-hybridized carbons (Fsp3) is 0.278. The number of hydrogen-bond acceptors (Lipinski definition) is 2. The summed E-state index contributed by atoms with van der Waals surface area (Å²) in [5.74, 6) is -0.0691. The van der Waals surface area contributed by atoms with Crippen LogP contribution in [-0.2, 0) is 11.3 Å². The van der Waals surface area contributed by atoms with Gasteiger partial charge in [-0.25, -0.2) is 0 Å². The predicted molar refractivity (Wildman–Crippen MR) is 92.3 cm³/mol. The maximum absolute atomic E-state index is 12.1. The number of nitrogens with zero attached hydrogens (tertiary/aromatic N) is 1. The Kier molecular flexibility index (Phi) is 5.58. The van der Waals surface area contributed by atoms with Crippen molar-refractivity contribution in [1.82, 2.24) is 4.90 Å². The first-order chi connectivity index (χ1) is 10.5. The van der Waals surface area contributed by atoms with E-state index in [1.165, 1.54) is 16.7 Å². The highest BCUT2D eigenvalue weighted by Gasteiger charge is 2.10. The van der Waals surface area contributed by atoms with Gasteiger partial charge in [0.25, 0.3) is 0 Å². The van der Waals surface area contributed by atoms with Gasteiger partial charge in [-0.3, -0.25) is 9.69 Å². The van der Waals surface area contributed by atoms with E-state index in [9.17, 15) is 4.79 Å². The maximum atomic E-state index is 12.1. The summed E-state index contributed by atoms with van der Waals surface area (Å²) in [5.41, 5.74) is 4.38. The molecule has 4 heteroatoms. The Morgan fingerprint density at radius 3 is 2.59 bits per heavy atom. The van der Waals surface area contributed by atoms with Gasteiger partial charge in [0.05, 0.1) is 17.3 Å². The lowest BCUT2D eigenvalue weighted by atomic mass is 10.1. The number of para-hydroxylation sites is 1. The molecule has 0 fully saturated rings. The lowest BCUT2D eigenvalue weighted by molar-refractivity contribution is -0.117. The number of amides is 1. The van der Waals surface area contributed by atoms with E-state index in [-0.39, 0.29) is 5.91 Å². The smallest absolute Gasteiger partial charge is 0.238 e. The number of rotatable bonds is 5. The second kappa shape index (κ2) is 7.43. The molecule has 2 aromatic carbocycles. The average molecular weight is 317 g/mol. The van der Waals surface area contributed by atoms with E-state index in [0.29, 0.717) is 17.3 Å². The van der Waals surface area contributed by atoms with Crippen LogP contribution in [0.25, 0.3) is 0 Å². The highest BCUT2D eigenvalue weighted by molar-refractivity contribution is 6.33. The molecule has 0 aliphatic rings. The summed E-state index contributed by atoms with van der Waals surface area (Å²) < 4.78 is 0. The normalized spacial score (nSPS) is 10.8. The molecule has 0 heterocycles. The van der Waals surface area contributed by atoms with Crippen LogP contribution < -0.4 is 5.32 Å². The van der Waals surface area contributed by atoms with E-state index in [1.807, 2.05) is 24.1 Å². The standard InChI is InChI=1S/C18H21ClN2O/c1-13-8-9-15(14(2)10-13)11-21(3)12-18(22)20-17-7-5-4-6-16(17)19/h4-10H,11-12H2,1-3H3,(H,20,22). The first-order valence-electron chi connectivity index (χ1n) is 7.25. The monoisotopic (exact) mass is 316 g/mol. The minimum Gasteiger partial charge on any atom is -0.324 e. The number of benzene rings is 2. The molecule has 0 spiro atoms. The molecule has 0 atom stereocenters. The van der Waals surface area contributed by atoms with Gasteiger partial charge in [0.1, 0.15) is 0 Å². The fourth-order valence-corrected chi connectivity index (χ4v) is 2.55. The molecular formula is C18H21ClN2O. The molecule has 0 unspecified atom stereocenters. The Balaban J connectivity index is 1.92. The summed E-state index contributed by atoms with van der Waals surface area (Å²) in [6.45, 7) is 5.23. The van der Waals surface area contributed by atoms with E-state index in [0.717, 1.165) is 6.54 Å². The van der Waals surface area contributed by atoms with E-state index in [1.54, 1.807) is 12.1 Å². The van der Waals surface area contributed by atoms with Crippen LogP contribution >= 0.6 is 11.6 Å². The summed E-state index contributed by atoms with van der Waals surface area (Å²) in [6.07, 6.45) is 0. The molecule has 0 bridgehead atoms. The van der Waals surface area contributed by atoms with Gasteiger partial charge in [0, 0.05) is 6.54 Å². The Hall–Kier alpha value is -1.84. The van der Waals surface area contributed by atoms with Crippen molar-refractivity contribution in [2.45, 2.75) is 20.4 Å². The Labute approximate surface area is 136 Å². The largest absolute Gasteiger partial charge is 0.324 e. The van der Waals surface area contributed by atoms with Crippen molar-refractivity contribution in [3.05, 3.63) is 64.2 Å². The van der Waals surface area contributed by atoms with E-state index in [4.69, 9.17) is 11.6 Å². The van der Waals surface area contributed by atoms with Crippen LogP contribution in [-0.4, -0.2) is 24.4 Å². The summed E-state index contributed by atoms with van der Waals surface area (Å²) in [6, 6.07) is 13.6. The van der Waals surface area contributed by atoms with E-state index >= 15 is 0 Å². The van der Waals surface area contributed by atoms with Gasteiger partial charge in [-0.05, 0) is 44.2 Å². The number of halogens is 1. The first-order valence-corrected chi connectivity index (χ1v) is 7.62. The highest BCUT2D eigenvalue weighted by atomic mass is 35.5. The predicted octanol–water partition coefficient (Wildman–Crippen LogP) is 4.03. The lowest BCUT2D eigenvalue weighted by Crippen LogP contribution is -2.30. The van der Waals surface area contributed by atoms with Crippen molar-refractivity contribution in [1.29, 1.82) is 0 Å². The topological polar surface area (TPSA) is 32.3 Å². The Bertz CT molecular complexity index is 670. The van der Waals surface area contributed by atoms with Crippen molar-refractivity contribution < 1.29 is 4.79 Å². The van der Waals surface area contributed by atoms with Gasteiger partial charge >= 0.3 is 0 Å². The quantitative estimate of drug-likeness (QED) is 0.903. The van der Waals surface area contributed by atoms with Crippen molar-refractivity contribution in [2.75, 3.05) is 18.9 Å². The van der Waals surface area contributed by atoms with Gasteiger partial charge in [-0.1, -0.05) is 47.5 Å². The number of anilines is 1. The van der Waals surface area contributed by atoms with Gasteiger partial charge < -0.3 is 5.32 Å². The fourth-order valence-electron chi connectivity index (χ4n) is 2.37. The molecular weight excluding hydrogens is 296 g/mol. The molecule has 22 heavy (non-hydrogen) atoms. The number of carbonyl (C=O) groups is 1. The highest BCUT2D eigenvalue weighted by Crippen LogP contribution is 2.20. The minimum atomic E-state index is -0.0691. The van der Waals surface area contributed by atoms with E-state index < -0.39 is 0 Å². The maximum Gasteiger partial charge on any atom is 0.238 e. The Morgan fingerprint density at radius 2 is 1.91 bits per heavy atom. The number of carbonyl (C=O) groups excluding carboxylic acids is 1. The molecule has 2 rings (SSSR count). The van der Waals surface area contributed by atoms with Crippen molar-refractivity contribution >= 4 is 23.2 Å². The molecule has 0 saturated carbocycles. The van der Waals surface area contributed by atoms with Crippen molar-refractivity contribution in [3.8, 4) is 0 Å². The molecule has 116 valence electrons. The van der Waals surface area contributed by atoms with Crippen LogP contribution in [0.15, 0.2) is 42.5 Å². The zero-order chi connectivity index (χ0) is 16.1. The third kappa shape index (κ3) is 4.58. The van der Waals surface area contributed by atoms with Crippen LogP contribution in [0.5, 0.6) is 0 Å². The van der Waals surface area contributed by atoms with Crippen LogP contribution in [0.1, 0.15) is 16.7 Å². The summed E-state index contributed by atoms with van der Waals surface area (Å²) in [5, 5.41) is 3.39. The van der Waals surface area contributed by atoms with Gasteiger partial charge in [0.2, 0.25) is 5.91 Å². The van der Waals surface area contributed by atoms with Crippen LogP contribution in [0.3, 0.4) is 0 Å². The molecule has 0 aliphatic heterocycles. The lowest BCUT2D eigenvalue weighted by Gasteiger charge is -2.18. The zero-order valence-electron chi connectivity index (χ0n) is 13.2.